The summed E-state index contributed by atoms with van der Waals surface area (Å²) in [6.45, 7) is -0.245. The minimum Gasteiger partial charge on any atom is -0.481 e. The number of hydrogen-bond acceptors (Lipinski definition) is 15. The van der Waals surface area contributed by atoms with Gasteiger partial charge in [0.25, 0.3) is 5.91 Å². The van der Waals surface area contributed by atoms with Crippen LogP contribution in [-0.4, -0.2) is 94.7 Å². The average molecular weight is 547 g/mol. The molecule has 0 spiro atoms. The van der Waals surface area contributed by atoms with E-state index in [1.807, 2.05) is 0 Å². The summed E-state index contributed by atoms with van der Waals surface area (Å²) in [6.07, 6.45) is 0. The van der Waals surface area contributed by atoms with Gasteiger partial charge in [-0.15, -0.1) is 22.0 Å². The Morgan fingerprint density at radius 2 is 2.24 bits per heavy atom. The van der Waals surface area contributed by atoms with Crippen molar-refractivity contribution in [2.75, 3.05) is 30.9 Å². The summed E-state index contributed by atoms with van der Waals surface area (Å²) >= 11 is 4.56. The molecule has 5 N–H and O–H groups in total. The molecule has 18 heteroatoms. The first-order chi connectivity index (χ1) is 16.3. The minimum atomic E-state index is -1.20. The van der Waals surface area contributed by atoms with Crippen molar-refractivity contribution in [1.29, 1.82) is 0 Å². The van der Waals surface area contributed by atoms with Crippen molar-refractivity contribution in [3.05, 3.63) is 10.8 Å². The van der Waals surface area contributed by atoms with Crippen LogP contribution in [0.25, 0.3) is 0 Å². The van der Waals surface area contributed by atoms with E-state index >= 15 is 0 Å². The lowest BCUT2D eigenvalue weighted by atomic mass is 9.89. The van der Waals surface area contributed by atoms with E-state index < -0.39 is 34.6 Å². The molecule has 0 saturated carbocycles. The molecule has 14 nitrogen and oxygen atoms in total. The van der Waals surface area contributed by atoms with Crippen LogP contribution in [0.2, 0.25) is 0 Å². The van der Waals surface area contributed by atoms with E-state index in [4.69, 9.17) is 15.7 Å². The van der Waals surface area contributed by atoms with Gasteiger partial charge in [-0.25, -0.2) is 0 Å². The van der Waals surface area contributed by atoms with Crippen molar-refractivity contribution in [3.63, 3.8) is 0 Å². The van der Waals surface area contributed by atoms with Crippen LogP contribution in [0, 0.1) is 5.41 Å². The highest BCUT2D eigenvalue weighted by atomic mass is 32.2. The van der Waals surface area contributed by atoms with Gasteiger partial charge >= 0.3 is 5.97 Å². The third-order valence-corrected chi connectivity index (χ3v) is 9.45. The fourth-order valence-corrected chi connectivity index (χ4v) is 7.33. The van der Waals surface area contributed by atoms with Gasteiger partial charge in [0.05, 0.1) is 6.61 Å². The van der Waals surface area contributed by atoms with Crippen LogP contribution in [0.3, 0.4) is 0 Å². The third-order valence-electron chi connectivity index (χ3n) is 4.99. The summed E-state index contributed by atoms with van der Waals surface area (Å²) in [7, 11) is 1.26. The minimum absolute atomic E-state index is 0.00689. The molecule has 2 aromatic rings. The molecule has 4 rings (SSSR count). The number of nitrogens with two attached hydrogens (primary N) is 1. The number of nitrogens with zero attached hydrogens (tertiary/aromatic N) is 6. The first-order valence-corrected chi connectivity index (χ1v) is 13.1. The fraction of sp³-hybridized carbons (Fsp3) is 0.500. The molecule has 182 valence electrons. The van der Waals surface area contributed by atoms with Crippen molar-refractivity contribution in [1.82, 2.24) is 29.8 Å². The molecular weight excluding hydrogens is 528 g/mol. The number of oxime groups is 1. The predicted molar refractivity (Wildman–Crippen MR) is 124 cm³/mol. The van der Waals surface area contributed by atoms with Crippen molar-refractivity contribution in [2.45, 2.75) is 22.4 Å². The van der Waals surface area contributed by atoms with Gasteiger partial charge in [-0.05, 0) is 0 Å². The number of carbonyl (C=O) groups excluding carboxylic acids is 2. The Hall–Kier alpha value is -2.54. The Balaban J connectivity index is 1.41. The topological polar surface area (TPSA) is 206 Å². The van der Waals surface area contributed by atoms with Crippen LogP contribution >= 0.6 is 46.4 Å². The number of nitrogen functional groups attached to an aromatic ring is 1. The summed E-state index contributed by atoms with van der Waals surface area (Å²) in [5.41, 5.74) is 4.14. The number of carbonyl (C=O) groups is 3. The summed E-state index contributed by atoms with van der Waals surface area (Å²) in [4.78, 5) is 47.8. The Morgan fingerprint density at radius 1 is 1.44 bits per heavy atom. The Labute approximate surface area is 208 Å². The molecule has 2 aromatic heterocycles. The number of rotatable bonds is 9. The number of carboxylic acid groups (broad SMARTS) is 1. The Bertz CT molecular complexity index is 1140. The van der Waals surface area contributed by atoms with Gasteiger partial charge in [-0.1, -0.05) is 28.3 Å². The zero-order valence-electron chi connectivity index (χ0n) is 17.4. The molecule has 0 bridgehead atoms. The number of thioether (sulfide) groups is 2. The zero-order valence-corrected chi connectivity index (χ0v) is 20.7. The molecule has 2 amide bonds. The van der Waals surface area contributed by atoms with Gasteiger partial charge in [0.2, 0.25) is 17.4 Å². The number of aromatic nitrogens is 4. The molecule has 2 aliphatic rings. The number of amides is 2. The first kappa shape index (κ1) is 24.6. The van der Waals surface area contributed by atoms with Crippen LogP contribution in [0.4, 0.5) is 5.13 Å². The molecular formula is C16H18N8O6S4. The Kier molecular flexibility index (Phi) is 7.22. The monoisotopic (exact) mass is 546 g/mol. The smallest absolute Gasteiger partial charge is 0.313 e. The van der Waals surface area contributed by atoms with E-state index in [9.17, 15) is 19.5 Å². The summed E-state index contributed by atoms with van der Waals surface area (Å²) in [5.74, 6) is -1.76. The van der Waals surface area contributed by atoms with Gasteiger partial charge in [0.15, 0.2) is 9.47 Å². The van der Waals surface area contributed by atoms with E-state index in [0.29, 0.717) is 9.35 Å². The number of aliphatic hydroxyl groups is 1. The fourth-order valence-electron chi connectivity index (χ4n) is 3.28. The number of nitrogens with one attached hydrogen (secondary N) is 1. The molecule has 2 unspecified atom stereocenters. The molecule has 2 fully saturated rings. The lowest BCUT2D eigenvalue weighted by Crippen LogP contribution is -2.74. The number of β-lactam (4-membered cyclic amide) rings is 1. The zero-order chi connectivity index (χ0) is 24.5. The van der Waals surface area contributed by atoms with Crippen molar-refractivity contribution in [2.24, 2.45) is 10.6 Å². The van der Waals surface area contributed by atoms with E-state index in [-0.39, 0.29) is 41.3 Å². The second-order valence-electron chi connectivity index (χ2n) is 7.19. The van der Waals surface area contributed by atoms with E-state index in [1.165, 1.54) is 46.9 Å². The number of anilines is 1. The van der Waals surface area contributed by atoms with Gasteiger partial charge in [0.1, 0.15) is 28.9 Å². The predicted octanol–water partition coefficient (Wildman–Crippen LogP) is -0.922. The maximum Gasteiger partial charge on any atom is 0.313 e. The normalized spacial score (nSPS) is 24.4. The second-order valence-corrected chi connectivity index (χ2v) is 11.4. The van der Waals surface area contributed by atoms with E-state index in [1.54, 1.807) is 0 Å². The second kappa shape index (κ2) is 9.98. The quantitative estimate of drug-likeness (QED) is 0.130. The van der Waals surface area contributed by atoms with Gasteiger partial charge in [-0.2, -0.15) is 9.36 Å². The molecule has 0 aromatic carbocycles. The number of aliphatic carboxylic acids is 1. The van der Waals surface area contributed by atoms with Gasteiger partial charge in [-0.3, -0.25) is 14.4 Å². The molecule has 34 heavy (non-hydrogen) atoms. The third kappa shape index (κ3) is 4.67. The molecule has 0 aliphatic carbocycles. The molecule has 2 aliphatic heterocycles. The highest BCUT2D eigenvalue weighted by Gasteiger charge is 2.57. The standard InChI is InChI=1S/C16H18N8O6S4/c1-30-22-7(9-19-14(17)34-23-9)10(26)18-8-11(27)24-3-16(13(28)29,4-31-12(8)24)5-32-15-21-20-6(2-25)33-15/h8,12,25H,2-5H2,1H3,(H,18,26)(H,28,29)(H2,17,19,23)/t8?,12-,16?/m1/s1. The van der Waals surface area contributed by atoms with Crippen LogP contribution in [0.15, 0.2) is 9.50 Å². The largest absolute Gasteiger partial charge is 0.481 e. The SMILES string of the molecule is CON=C(C(=O)NC1C(=O)N2CC(CSc3nnc(CO)s3)(C(=O)O)CS[C@H]12)c1nsc(N)n1. The molecule has 4 heterocycles. The van der Waals surface area contributed by atoms with Crippen molar-refractivity contribution >= 4 is 75.0 Å². The number of hydrogen-bond donors (Lipinski definition) is 4. The number of aliphatic hydroxyl groups excluding tert-OH is 1. The van der Waals surface area contributed by atoms with E-state index in [0.717, 1.165) is 11.5 Å². The Morgan fingerprint density at radius 3 is 2.85 bits per heavy atom. The van der Waals surface area contributed by atoms with Gasteiger partial charge < -0.3 is 31.0 Å². The van der Waals surface area contributed by atoms with Crippen molar-refractivity contribution < 1.29 is 29.4 Å². The maximum absolute atomic E-state index is 12.8. The molecule has 3 atom stereocenters. The molecule has 2 saturated heterocycles. The summed E-state index contributed by atoms with van der Waals surface area (Å²) in [6, 6.07) is -0.856. The lowest BCUT2D eigenvalue weighted by molar-refractivity contribution is -0.157. The van der Waals surface area contributed by atoms with Gasteiger partial charge in [0, 0.05) is 29.6 Å². The lowest BCUT2D eigenvalue weighted by Gasteiger charge is -2.53. The molecule has 0 radical (unpaired) electrons. The van der Waals surface area contributed by atoms with E-state index in [2.05, 4.69) is 30.0 Å². The number of fused-ring (bicyclic) bond motifs is 1. The van der Waals surface area contributed by atoms with Crippen molar-refractivity contribution in [3.8, 4) is 0 Å². The highest BCUT2D eigenvalue weighted by molar-refractivity contribution is 8.01. The van der Waals surface area contributed by atoms with Crippen LogP contribution in [-0.2, 0) is 25.8 Å². The van der Waals surface area contributed by atoms with Crippen LogP contribution < -0.4 is 11.1 Å². The highest BCUT2D eigenvalue weighted by Crippen LogP contribution is 2.44. The number of carboxylic acids is 1. The first-order valence-electron chi connectivity index (χ1n) is 9.51. The van der Waals surface area contributed by atoms with Crippen LogP contribution in [0.5, 0.6) is 0 Å². The maximum atomic E-state index is 12.8. The summed E-state index contributed by atoms with van der Waals surface area (Å²) < 4.78 is 4.48. The van der Waals surface area contributed by atoms with Crippen LogP contribution in [0.1, 0.15) is 10.8 Å². The average Bonchev–Trinajstić information content (AvgIpc) is 3.47. The summed E-state index contributed by atoms with van der Waals surface area (Å²) in [5, 5.41) is 33.2.